The van der Waals surface area contributed by atoms with Gasteiger partial charge >= 0.3 is 0 Å². The third kappa shape index (κ3) is 4.08. The van der Waals surface area contributed by atoms with Gasteiger partial charge in [-0.3, -0.25) is 14.4 Å². The zero-order valence-electron chi connectivity index (χ0n) is 19.8. The molecule has 2 aliphatic heterocycles. The van der Waals surface area contributed by atoms with E-state index >= 15 is 0 Å². The maximum atomic E-state index is 13.8. The number of nitrogens with zero attached hydrogens (tertiary/aromatic N) is 2. The maximum Gasteiger partial charge on any atom is 0.266 e. The maximum absolute atomic E-state index is 13.8. The summed E-state index contributed by atoms with van der Waals surface area (Å²) in [5.74, 6) is -0.705. The van der Waals surface area contributed by atoms with Gasteiger partial charge in [-0.15, -0.1) is 0 Å². The molecule has 3 aromatic rings. The molecule has 0 spiro atoms. The molecule has 2 fully saturated rings. The first-order valence-electron chi connectivity index (χ1n) is 11.7. The molecule has 0 aromatic heterocycles. The van der Waals surface area contributed by atoms with Gasteiger partial charge in [0.05, 0.1) is 35.1 Å². The second kappa shape index (κ2) is 9.83. The summed E-state index contributed by atoms with van der Waals surface area (Å²) in [6.07, 6.45) is -1.00. The lowest BCUT2D eigenvalue weighted by molar-refractivity contribution is -0.126. The van der Waals surface area contributed by atoms with E-state index in [0.717, 1.165) is 0 Å². The molecule has 9 heteroatoms. The van der Waals surface area contributed by atoms with Crippen molar-refractivity contribution >= 4 is 39.1 Å². The zero-order valence-corrected chi connectivity index (χ0v) is 21.3. The Kier molecular flexibility index (Phi) is 6.59. The van der Waals surface area contributed by atoms with E-state index in [1.54, 1.807) is 41.5 Å². The van der Waals surface area contributed by atoms with E-state index in [1.165, 1.54) is 4.90 Å². The van der Waals surface area contributed by atoms with Crippen LogP contribution in [0.4, 0.5) is 11.4 Å². The molecule has 1 N–H and O–H groups in total. The lowest BCUT2D eigenvalue weighted by Gasteiger charge is -2.29. The number of fused-ring (bicyclic) bond motifs is 1. The van der Waals surface area contributed by atoms with Crippen molar-refractivity contribution in [1.82, 2.24) is 0 Å². The van der Waals surface area contributed by atoms with Crippen molar-refractivity contribution in [3.63, 3.8) is 0 Å². The molecule has 186 valence electrons. The Morgan fingerprint density at radius 2 is 1.61 bits per heavy atom. The number of aromatic hydroxyl groups is 1. The summed E-state index contributed by atoms with van der Waals surface area (Å²) in [5, 5.41) is 12.1. The Bertz CT molecular complexity index is 1280. The van der Waals surface area contributed by atoms with Crippen LogP contribution in [0.5, 0.6) is 17.2 Å². The molecular weight excluding hydrogens is 528 g/mol. The minimum absolute atomic E-state index is 0.0350. The third-order valence-corrected chi connectivity index (χ3v) is 6.83. The van der Waals surface area contributed by atoms with E-state index in [0.29, 0.717) is 40.4 Å². The van der Waals surface area contributed by atoms with E-state index < -0.39 is 24.0 Å². The highest BCUT2D eigenvalue weighted by Crippen LogP contribution is 2.49. The number of hydroxylamine groups is 1. The van der Waals surface area contributed by atoms with E-state index in [-0.39, 0.29) is 17.4 Å². The van der Waals surface area contributed by atoms with Gasteiger partial charge in [0.15, 0.2) is 17.6 Å². The Balaban J connectivity index is 1.57. The second-order valence-electron chi connectivity index (χ2n) is 8.38. The SMILES string of the molecule is CCOc1ccc(N2C(=O)C3ON(c4ccccc4)C(c4cc(Br)c(O)c(OCC)c4)C3C2=O)cc1. The number of hydrogen-bond acceptors (Lipinski definition) is 7. The number of amides is 2. The Labute approximate surface area is 217 Å². The van der Waals surface area contributed by atoms with Crippen LogP contribution in [0.3, 0.4) is 0 Å². The fraction of sp³-hybridized carbons (Fsp3) is 0.259. The number of rotatable bonds is 7. The molecule has 36 heavy (non-hydrogen) atoms. The second-order valence-corrected chi connectivity index (χ2v) is 9.23. The normalized spacial score (nSPS) is 21.1. The zero-order chi connectivity index (χ0) is 25.4. The largest absolute Gasteiger partial charge is 0.503 e. The molecule has 2 amide bonds. The molecule has 0 aliphatic carbocycles. The average Bonchev–Trinajstić information content (AvgIpc) is 3.39. The first-order chi connectivity index (χ1) is 17.4. The molecule has 2 saturated heterocycles. The molecule has 2 heterocycles. The summed E-state index contributed by atoms with van der Waals surface area (Å²) in [6, 6.07) is 18.9. The highest BCUT2D eigenvalue weighted by molar-refractivity contribution is 9.10. The molecule has 8 nitrogen and oxygen atoms in total. The summed E-state index contributed by atoms with van der Waals surface area (Å²) in [6.45, 7) is 4.57. The molecule has 2 aliphatic rings. The van der Waals surface area contributed by atoms with E-state index in [1.807, 2.05) is 44.2 Å². The Hall–Kier alpha value is -3.56. The molecular formula is C27H25BrN2O6. The van der Waals surface area contributed by atoms with E-state index in [4.69, 9.17) is 14.3 Å². The first kappa shape index (κ1) is 24.1. The summed E-state index contributed by atoms with van der Waals surface area (Å²) < 4.78 is 11.5. The monoisotopic (exact) mass is 552 g/mol. The van der Waals surface area contributed by atoms with Crippen molar-refractivity contribution in [2.24, 2.45) is 5.92 Å². The lowest BCUT2D eigenvalue weighted by atomic mass is 9.90. The van der Waals surface area contributed by atoms with Crippen LogP contribution in [0.2, 0.25) is 0 Å². The van der Waals surface area contributed by atoms with Crippen LogP contribution in [-0.2, 0) is 14.4 Å². The summed E-state index contributed by atoms with van der Waals surface area (Å²) in [5.41, 5.74) is 1.82. The van der Waals surface area contributed by atoms with Crippen molar-refractivity contribution in [3.8, 4) is 17.2 Å². The molecule has 0 bridgehead atoms. The number of benzene rings is 3. The number of phenols is 1. The fourth-order valence-electron chi connectivity index (χ4n) is 4.69. The van der Waals surface area contributed by atoms with Gasteiger partial charge in [-0.2, -0.15) is 0 Å². The average molecular weight is 553 g/mol. The topological polar surface area (TPSA) is 88.5 Å². The highest BCUT2D eigenvalue weighted by atomic mass is 79.9. The van der Waals surface area contributed by atoms with Gasteiger partial charge < -0.3 is 14.6 Å². The van der Waals surface area contributed by atoms with Gasteiger partial charge in [-0.25, -0.2) is 9.96 Å². The van der Waals surface area contributed by atoms with Crippen molar-refractivity contribution < 1.29 is 29.0 Å². The van der Waals surface area contributed by atoms with Gasteiger partial charge in [-0.05, 0) is 83.9 Å². The van der Waals surface area contributed by atoms with Crippen LogP contribution in [-0.4, -0.2) is 36.2 Å². The van der Waals surface area contributed by atoms with Crippen LogP contribution >= 0.6 is 15.9 Å². The molecule has 3 aromatic carbocycles. The number of anilines is 2. The van der Waals surface area contributed by atoms with Crippen LogP contribution < -0.4 is 19.4 Å². The minimum atomic E-state index is -1.00. The van der Waals surface area contributed by atoms with Gasteiger partial charge in [0.2, 0.25) is 5.91 Å². The van der Waals surface area contributed by atoms with Gasteiger partial charge in [0.25, 0.3) is 5.91 Å². The van der Waals surface area contributed by atoms with Gasteiger partial charge in [0.1, 0.15) is 11.7 Å². The third-order valence-electron chi connectivity index (χ3n) is 6.22. The number of hydrogen-bond donors (Lipinski definition) is 1. The predicted molar refractivity (Wildman–Crippen MR) is 137 cm³/mol. The van der Waals surface area contributed by atoms with Crippen molar-refractivity contribution in [2.45, 2.75) is 26.0 Å². The standard InChI is InChI=1S/C27H25BrN2O6/c1-3-34-19-12-10-17(11-13-19)29-26(32)22-23(16-14-20(28)24(31)21(15-16)35-4-2)30(36-25(22)27(29)33)18-8-6-5-7-9-18/h5-15,22-23,25,31H,3-4H2,1-2H3. The number of ether oxygens (including phenoxy) is 2. The number of phenolic OH excluding ortho intramolecular Hbond substituents is 1. The number of halogens is 1. The van der Waals surface area contributed by atoms with E-state index in [2.05, 4.69) is 15.9 Å². The fourth-order valence-corrected chi connectivity index (χ4v) is 5.15. The quantitative estimate of drug-likeness (QED) is 0.412. The summed E-state index contributed by atoms with van der Waals surface area (Å²) in [7, 11) is 0. The minimum Gasteiger partial charge on any atom is -0.503 e. The summed E-state index contributed by atoms with van der Waals surface area (Å²) >= 11 is 3.39. The van der Waals surface area contributed by atoms with Crippen molar-refractivity contribution in [2.75, 3.05) is 23.2 Å². The Morgan fingerprint density at radius 1 is 0.917 bits per heavy atom. The number of imide groups is 1. The molecule has 5 rings (SSSR count). The molecule has 3 unspecified atom stereocenters. The van der Waals surface area contributed by atoms with Crippen LogP contribution in [0.25, 0.3) is 0 Å². The number of carbonyl (C=O) groups excluding carboxylic acids is 2. The number of carbonyl (C=O) groups is 2. The summed E-state index contributed by atoms with van der Waals surface area (Å²) in [4.78, 5) is 34.7. The molecule has 3 atom stereocenters. The predicted octanol–water partition coefficient (Wildman–Crippen LogP) is 5.00. The van der Waals surface area contributed by atoms with Gasteiger partial charge in [0, 0.05) is 0 Å². The van der Waals surface area contributed by atoms with Gasteiger partial charge in [-0.1, -0.05) is 18.2 Å². The Morgan fingerprint density at radius 3 is 2.28 bits per heavy atom. The first-order valence-corrected chi connectivity index (χ1v) is 12.5. The van der Waals surface area contributed by atoms with Crippen molar-refractivity contribution in [1.29, 1.82) is 0 Å². The highest BCUT2D eigenvalue weighted by Gasteiger charge is 2.60. The van der Waals surface area contributed by atoms with Crippen molar-refractivity contribution in [3.05, 3.63) is 76.8 Å². The van der Waals surface area contributed by atoms with Crippen LogP contribution in [0.15, 0.2) is 71.2 Å². The molecule has 0 saturated carbocycles. The smallest absolute Gasteiger partial charge is 0.266 e. The van der Waals surface area contributed by atoms with E-state index in [9.17, 15) is 14.7 Å². The lowest BCUT2D eigenvalue weighted by Crippen LogP contribution is -2.37. The molecule has 0 radical (unpaired) electrons. The van der Waals surface area contributed by atoms with Crippen LogP contribution in [0.1, 0.15) is 25.5 Å². The number of para-hydroxylation sites is 1. The van der Waals surface area contributed by atoms with Crippen LogP contribution in [0, 0.1) is 5.92 Å².